The Hall–Kier alpha value is -2.23. The summed E-state index contributed by atoms with van der Waals surface area (Å²) >= 11 is 0. The van der Waals surface area contributed by atoms with E-state index in [-0.39, 0.29) is 5.97 Å². The first kappa shape index (κ1) is 16.1. The molecule has 0 aliphatic heterocycles. The van der Waals surface area contributed by atoms with Crippen LogP contribution in [-0.2, 0) is 24.1 Å². The van der Waals surface area contributed by atoms with Gasteiger partial charge in [-0.3, -0.25) is 4.79 Å². The Morgan fingerprint density at radius 3 is 2.18 bits per heavy atom. The van der Waals surface area contributed by atoms with Crippen LogP contribution < -0.4 is 4.74 Å². The molecule has 0 amide bonds. The minimum Gasteiger partial charge on any atom is -0.405 e. The van der Waals surface area contributed by atoms with Crippen molar-refractivity contribution in [3.8, 4) is 5.88 Å². The molecular formula is C18H22N2O2. The van der Waals surface area contributed by atoms with Crippen LogP contribution in [0.5, 0.6) is 5.88 Å². The van der Waals surface area contributed by atoms with Crippen molar-refractivity contribution >= 4 is 5.97 Å². The number of hydrogen-bond acceptors (Lipinski definition) is 4. The molecule has 1 aromatic carbocycles. The van der Waals surface area contributed by atoms with E-state index in [1.54, 1.807) is 6.92 Å². The Morgan fingerprint density at radius 2 is 1.59 bits per heavy atom. The van der Waals surface area contributed by atoms with Crippen LogP contribution in [0.2, 0.25) is 0 Å². The summed E-state index contributed by atoms with van der Waals surface area (Å²) in [5, 5.41) is 0. The molecule has 4 nitrogen and oxygen atoms in total. The normalized spacial score (nSPS) is 10.5. The molecule has 0 fully saturated rings. The van der Waals surface area contributed by atoms with Crippen LogP contribution in [0, 0.1) is 0 Å². The van der Waals surface area contributed by atoms with E-state index in [2.05, 4.69) is 11.9 Å². The van der Waals surface area contributed by atoms with Crippen molar-refractivity contribution in [3.63, 3.8) is 0 Å². The van der Waals surface area contributed by atoms with Gasteiger partial charge in [-0.05, 0) is 18.4 Å². The topological polar surface area (TPSA) is 52.1 Å². The molecule has 2 aromatic rings. The second-order valence-corrected chi connectivity index (χ2v) is 5.07. The van der Waals surface area contributed by atoms with Gasteiger partial charge in [0.25, 0.3) is 0 Å². The third-order valence-electron chi connectivity index (χ3n) is 3.47. The second-order valence-electron chi connectivity index (χ2n) is 5.07. The van der Waals surface area contributed by atoms with Gasteiger partial charge in [0.15, 0.2) is 0 Å². The Balaban J connectivity index is 2.41. The van der Waals surface area contributed by atoms with Crippen molar-refractivity contribution in [1.82, 2.24) is 9.97 Å². The van der Waals surface area contributed by atoms with Crippen molar-refractivity contribution in [2.45, 2.75) is 46.5 Å². The Labute approximate surface area is 131 Å². The number of nitrogens with zero attached hydrogens (tertiary/aromatic N) is 2. The fraction of sp³-hybridized carbons (Fsp3) is 0.389. The lowest BCUT2D eigenvalue weighted by Gasteiger charge is -2.13. The summed E-state index contributed by atoms with van der Waals surface area (Å²) in [4.78, 5) is 20.9. The summed E-state index contributed by atoms with van der Waals surface area (Å²) in [7, 11) is 0. The first-order valence-corrected chi connectivity index (χ1v) is 7.81. The summed E-state index contributed by atoms with van der Waals surface area (Å²) in [5.41, 5.74) is 3.72. The molecule has 0 saturated heterocycles. The third kappa shape index (κ3) is 3.91. The van der Waals surface area contributed by atoms with Gasteiger partial charge >= 0.3 is 5.97 Å². The Kier molecular flexibility index (Phi) is 5.64. The Morgan fingerprint density at radius 1 is 0.955 bits per heavy atom. The quantitative estimate of drug-likeness (QED) is 0.766. The zero-order chi connectivity index (χ0) is 15.9. The summed E-state index contributed by atoms with van der Waals surface area (Å²) in [6.07, 6.45) is 2.53. The highest BCUT2D eigenvalue weighted by molar-refractivity contribution is 5.71. The smallest absolute Gasteiger partial charge is 0.312 e. The number of carbonyl (C=O) groups excluding carboxylic acids is 1. The van der Waals surface area contributed by atoms with Gasteiger partial charge in [0.2, 0.25) is 5.88 Å². The molecular weight excluding hydrogens is 276 g/mol. The molecule has 2 rings (SSSR count). The van der Waals surface area contributed by atoms with Gasteiger partial charge in [0.1, 0.15) is 5.69 Å². The number of esters is 1. The van der Waals surface area contributed by atoms with Crippen LogP contribution in [0.4, 0.5) is 0 Å². The molecule has 0 bridgehead atoms. The van der Waals surface area contributed by atoms with Gasteiger partial charge in [-0.1, -0.05) is 51.1 Å². The van der Waals surface area contributed by atoms with Crippen LogP contribution in [0.3, 0.4) is 0 Å². The lowest BCUT2D eigenvalue weighted by atomic mass is 10.1. The molecule has 1 aromatic heterocycles. The molecule has 0 aliphatic rings. The van der Waals surface area contributed by atoms with E-state index in [0.717, 1.165) is 35.5 Å². The SMILES string of the molecule is CCC(=O)Oc1nc(CC)c(CC)nc1Cc1ccccc1. The highest BCUT2D eigenvalue weighted by Gasteiger charge is 2.16. The number of benzene rings is 1. The van der Waals surface area contributed by atoms with Gasteiger partial charge in [-0.2, -0.15) is 0 Å². The van der Waals surface area contributed by atoms with Gasteiger partial charge in [0, 0.05) is 12.8 Å². The maximum absolute atomic E-state index is 11.6. The molecule has 0 radical (unpaired) electrons. The van der Waals surface area contributed by atoms with Crippen LogP contribution >= 0.6 is 0 Å². The monoisotopic (exact) mass is 298 g/mol. The van der Waals surface area contributed by atoms with Gasteiger partial charge in [0.05, 0.1) is 11.4 Å². The molecule has 4 heteroatoms. The van der Waals surface area contributed by atoms with Crippen LogP contribution in [0.25, 0.3) is 0 Å². The highest BCUT2D eigenvalue weighted by atomic mass is 16.5. The number of aryl methyl sites for hydroxylation is 2. The fourth-order valence-corrected chi connectivity index (χ4v) is 2.26. The number of rotatable bonds is 6. The van der Waals surface area contributed by atoms with Crippen LogP contribution in [0.1, 0.15) is 49.8 Å². The zero-order valence-electron chi connectivity index (χ0n) is 13.4. The predicted octanol–water partition coefficient (Wildman–Crippen LogP) is 3.51. The first-order chi connectivity index (χ1) is 10.7. The van der Waals surface area contributed by atoms with E-state index in [9.17, 15) is 4.79 Å². The van der Waals surface area contributed by atoms with E-state index >= 15 is 0 Å². The lowest BCUT2D eigenvalue weighted by molar-refractivity contribution is -0.134. The third-order valence-corrected chi connectivity index (χ3v) is 3.47. The number of carbonyl (C=O) groups is 1. The van der Waals surface area contributed by atoms with Crippen molar-refractivity contribution in [1.29, 1.82) is 0 Å². The van der Waals surface area contributed by atoms with Crippen molar-refractivity contribution in [2.24, 2.45) is 0 Å². The average molecular weight is 298 g/mol. The van der Waals surface area contributed by atoms with Crippen LogP contribution in [0.15, 0.2) is 30.3 Å². The highest BCUT2D eigenvalue weighted by Crippen LogP contribution is 2.21. The first-order valence-electron chi connectivity index (χ1n) is 7.81. The maximum atomic E-state index is 11.6. The van der Waals surface area contributed by atoms with Crippen molar-refractivity contribution in [2.75, 3.05) is 0 Å². The van der Waals surface area contributed by atoms with E-state index < -0.39 is 0 Å². The molecule has 0 unspecified atom stereocenters. The molecule has 1 heterocycles. The minimum absolute atomic E-state index is 0.282. The number of hydrogen-bond donors (Lipinski definition) is 0. The minimum atomic E-state index is -0.282. The van der Waals surface area contributed by atoms with Crippen molar-refractivity contribution in [3.05, 3.63) is 53.0 Å². The summed E-state index contributed by atoms with van der Waals surface area (Å²) in [6.45, 7) is 5.87. The summed E-state index contributed by atoms with van der Waals surface area (Å²) < 4.78 is 5.40. The zero-order valence-corrected chi connectivity index (χ0v) is 13.4. The predicted molar refractivity (Wildman–Crippen MR) is 86.0 cm³/mol. The lowest BCUT2D eigenvalue weighted by Crippen LogP contribution is -2.13. The standard InChI is InChI=1S/C18H22N2O2/c1-4-14-15(5-2)20-18(22-17(21)6-3)16(19-14)12-13-10-8-7-9-11-13/h7-11H,4-6,12H2,1-3H3. The van der Waals surface area contributed by atoms with E-state index in [1.807, 2.05) is 37.3 Å². The molecule has 0 saturated carbocycles. The van der Waals surface area contributed by atoms with Crippen molar-refractivity contribution < 1.29 is 9.53 Å². The van der Waals surface area contributed by atoms with E-state index in [1.165, 1.54) is 0 Å². The molecule has 22 heavy (non-hydrogen) atoms. The molecule has 0 aliphatic carbocycles. The van der Waals surface area contributed by atoms with Crippen LogP contribution in [-0.4, -0.2) is 15.9 Å². The van der Waals surface area contributed by atoms with E-state index in [0.29, 0.717) is 18.7 Å². The maximum Gasteiger partial charge on any atom is 0.312 e. The largest absolute Gasteiger partial charge is 0.405 e. The number of ether oxygens (including phenoxy) is 1. The molecule has 0 N–H and O–H groups in total. The molecule has 116 valence electrons. The summed E-state index contributed by atoms with van der Waals surface area (Å²) in [6, 6.07) is 10.0. The average Bonchev–Trinajstić information content (AvgIpc) is 2.56. The van der Waals surface area contributed by atoms with Gasteiger partial charge in [-0.15, -0.1) is 0 Å². The Bertz CT molecular complexity index is 639. The molecule has 0 spiro atoms. The second kappa shape index (κ2) is 7.69. The summed E-state index contributed by atoms with van der Waals surface area (Å²) in [5.74, 6) is 0.0691. The number of aromatic nitrogens is 2. The van der Waals surface area contributed by atoms with Gasteiger partial charge in [-0.25, -0.2) is 9.97 Å². The van der Waals surface area contributed by atoms with E-state index in [4.69, 9.17) is 9.72 Å². The fourth-order valence-electron chi connectivity index (χ4n) is 2.26. The molecule has 0 atom stereocenters. The van der Waals surface area contributed by atoms with Gasteiger partial charge < -0.3 is 4.74 Å².